The number of imidazole rings is 1. The summed E-state index contributed by atoms with van der Waals surface area (Å²) in [5.74, 6) is 2.65. The van der Waals surface area contributed by atoms with E-state index < -0.39 is 0 Å². The molecular formula is C34H23N6OPt-3. The van der Waals surface area contributed by atoms with Gasteiger partial charge in [-0.1, -0.05) is 66.2 Å². The van der Waals surface area contributed by atoms with Crippen LogP contribution in [-0.4, -0.2) is 24.1 Å². The average molecular weight is 727 g/mol. The van der Waals surface area contributed by atoms with Crippen molar-refractivity contribution >= 4 is 33.2 Å². The standard InChI is InChI=1S/C34H23N6O.Pt/c1-22-23(2)38-21-39(29-14-5-4-13-27(29)34(38)37-22)24-10-9-11-25(18-24)41-33-19-31-28(20-36-33)26-12-3-6-15-30(26)40(31)32-16-7-8-17-35-32;/h3-17,20-21H,1-2H3;/q-3;. The fourth-order valence-electron chi connectivity index (χ4n) is 5.49. The number of anilines is 2. The number of ether oxygens (including phenoxy) is 1. The van der Waals surface area contributed by atoms with Crippen LogP contribution >= 0.6 is 0 Å². The summed E-state index contributed by atoms with van der Waals surface area (Å²) in [7, 11) is 0. The second-order valence-electron chi connectivity index (χ2n) is 9.97. The Hall–Kier alpha value is -4.87. The zero-order valence-electron chi connectivity index (χ0n) is 22.7. The van der Waals surface area contributed by atoms with Crippen LogP contribution in [0.3, 0.4) is 0 Å². The quantitative estimate of drug-likeness (QED) is 0.175. The summed E-state index contributed by atoms with van der Waals surface area (Å²) in [6.45, 7) is 6.18. The molecule has 0 amide bonds. The van der Waals surface area contributed by atoms with E-state index in [1.165, 1.54) is 0 Å². The number of benzene rings is 3. The molecule has 1 aliphatic heterocycles. The fourth-order valence-corrected chi connectivity index (χ4v) is 5.49. The van der Waals surface area contributed by atoms with E-state index in [4.69, 9.17) is 9.72 Å². The number of aryl methyl sites for hydroxylation is 1. The van der Waals surface area contributed by atoms with Crippen molar-refractivity contribution in [3.8, 4) is 28.8 Å². The first-order valence-electron chi connectivity index (χ1n) is 13.4. The van der Waals surface area contributed by atoms with Crippen molar-refractivity contribution in [1.82, 2.24) is 24.1 Å². The summed E-state index contributed by atoms with van der Waals surface area (Å²) in [4.78, 5) is 16.1. The molecular weight excluding hydrogens is 703 g/mol. The maximum Gasteiger partial charge on any atom is 0.134 e. The molecule has 0 radical (unpaired) electrons. The molecule has 42 heavy (non-hydrogen) atoms. The maximum atomic E-state index is 6.27. The Morgan fingerprint density at radius 2 is 1.64 bits per heavy atom. The van der Waals surface area contributed by atoms with Gasteiger partial charge in [-0.15, -0.1) is 29.1 Å². The van der Waals surface area contributed by atoms with Gasteiger partial charge < -0.3 is 23.8 Å². The van der Waals surface area contributed by atoms with E-state index in [9.17, 15) is 0 Å². The fraction of sp³-hybridized carbons (Fsp3) is 0.0588. The van der Waals surface area contributed by atoms with Gasteiger partial charge in [0.15, 0.2) is 0 Å². The van der Waals surface area contributed by atoms with E-state index in [-0.39, 0.29) is 21.1 Å². The van der Waals surface area contributed by atoms with Crippen molar-refractivity contribution in [2.45, 2.75) is 13.8 Å². The summed E-state index contributed by atoms with van der Waals surface area (Å²) in [6, 6.07) is 35.1. The Balaban J connectivity index is 0.00000288. The number of hydrogen-bond donors (Lipinski definition) is 0. The monoisotopic (exact) mass is 726 g/mol. The Morgan fingerprint density at radius 3 is 2.52 bits per heavy atom. The number of para-hydroxylation sites is 2. The van der Waals surface area contributed by atoms with Crippen LogP contribution in [0.5, 0.6) is 11.6 Å². The maximum absolute atomic E-state index is 6.27. The Kier molecular flexibility index (Phi) is 6.32. The van der Waals surface area contributed by atoms with Crippen LogP contribution in [0.15, 0.2) is 97.3 Å². The average Bonchev–Trinajstić information content (AvgIpc) is 3.50. The minimum atomic E-state index is 0. The van der Waals surface area contributed by atoms with Crippen LogP contribution < -0.4 is 9.64 Å². The predicted octanol–water partition coefficient (Wildman–Crippen LogP) is 7.56. The SMILES string of the molecule is Cc1nc2n(c1C)[CH-]N(c1[c-]c(Oc3[c-]c4c(cn3)c3ccccc3n4-c3ccccn3)ccc1)c1ccccc1-2.[Pt]. The first-order valence-corrected chi connectivity index (χ1v) is 13.4. The third kappa shape index (κ3) is 4.08. The Bertz CT molecular complexity index is 2100. The zero-order valence-corrected chi connectivity index (χ0v) is 25.0. The summed E-state index contributed by atoms with van der Waals surface area (Å²) in [6.07, 6.45) is 3.63. The molecule has 8 heteroatoms. The second-order valence-corrected chi connectivity index (χ2v) is 9.97. The molecule has 0 saturated heterocycles. The third-order valence-corrected chi connectivity index (χ3v) is 7.57. The van der Waals surface area contributed by atoms with Gasteiger partial charge in [0.2, 0.25) is 0 Å². The number of hydrogen-bond acceptors (Lipinski definition) is 5. The zero-order chi connectivity index (χ0) is 27.5. The number of aromatic nitrogens is 5. The molecule has 0 aliphatic carbocycles. The van der Waals surface area contributed by atoms with Crippen LogP contribution in [0.25, 0.3) is 39.0 Å². The van der Waals surface area contributed by atoms with Crippen LogP contribution in [0.2, 0.25) is 0 Å². The minimum Gasteiger partial charge on any atom is -0.484 e. The summed E-state index contributed by atoms with van der Waals surface area (Å²) < 4.78 is 10.5. The number of fused-ring (bicyclic) bond motifs is 6. The molecule has 0 saturated carbocycles. The van der Waals surface area contributed by atoms with E-state index >= 15 is 0 Å². The molecule has 8 rings (SSSR count). The van der Waals surface area contributed by atoms with E-state index in [1.807, 2.05) is 73.8 Å². The molecule has 4 aromatic heterocycles. The van der Waals surface area contributed by atoms with E-state index in [2.05, 4.69) is 74.0 Å². The van der Waals surface area contributed by atoms with Crippen molar-refractivity contribution in [2.75, 3.05) is 4.90 Å². The number of pyridine rings is 2. The normalized spacial score (nSPS) is 12.0. The summed E-state index contributed by atoms with van der Waals surface area (Å²) >= 11 is 0. The van der Waals surface area contributed by atoms with Crippen LogP contribution in [0, 0.1) is 32.6 Å². The van der Waals surface area contributed by atoms with Gasteiger partial charge in [-0.2, -0.15) is 12.1 Å². The minimum absolute atomic E-state index is 0. The van der Waals surface area contributed by atoms with Gasteiger partial charge in [0, 0.05) is 50.0 Å². The smallest absolute Gasteiger partial charge is 0.134 e. The van der Waals surface area contributed by atoms with E-state index in [1.54, 1.807) is 6.20 Å². The molecule has 0 atom stereocenters. The van der Waals surface area contributed by atoms with Gasteiger partial charge in [-0.05, 0) is 55.3 Å². The van der Waals surface area contributed by atoms with Crippen molar-refractivity contribution in [1.29, 1.82) is 0 Å². The Morgan fingerprint density at radius 1 is 0.810 bits per heavy atom. The molecule has 5 heterocycles. The van der Waals surface area contributed by atoms with Gasteiger partial charge in [0.05, 0.1) is 0 Å². The first-order chi connectivity index (χ1) is 20.2. The molecule has 0 fully saturated rings. The van der Waals surface area contributed by atoms with Gasteiger partial charge in [0.1, 0.15) is 11.7 Å². The van der Waals surface area contributed by atoms with Gasteiger partial charge >= 0.3 is 0 Å². The molecule has 208 valence electrons. The van der Waals surface area contributed by atoms with Crippen molar-refractivity contribution in [2.24, 2.45) is 0 Å². The van der Waals surface area contributed by atoms with Gasteiger partial charge in [-0.3, -0.25) is 4.98 Å². The number of nitrogens with zero attached hydrogens (tertiary/aromatic N) is 6. The van der Waals surface area contributed by atoms with Gasteiger partial charge in [0.25, 0.3) is 0 Å². The molecule has 1 aliphatic rings. The molecule has 0 bridgehead atoms. The molecule has 0 N–H and O–H groups in total. The summed E-state index contributed by atoms with van der Waals surface area (Å²) in [5.41, 5.74) is 6.93. The molecule has 0 spiro atoms. The van der Waals surface area contributed by atoms with Crippen LogP contribution in [0.4, 0.5) is 11.4 Å². The topological polar surface area (TPSA) is 61.0 Å². The Labute approximate surface area is 257 Å². The van der Waals surface area contributed by atoms with Crippen molar-refractivity contribution in [3.63, 3.8) is 0 Å². The van der Waals surface area contributed by atoms with E-state index in [0.717, 1.165) is 61.8 Å². The predicted molar refractivity (Wildman–Crippen MR) is 160 cm³/mol. The van der Waals surface area contributed by atoms with Crippen LogP contribution in [-0.2, 0) is 21.1 Å². The second kappa shape index (κ2) is 10.2. The first kappa shape index (κ1) is 26.1. The van der Waals surface area contributed by atoms with Crippen molar-refractivity contribution < 1.29 is 25.8 Å². The van der Waals surface area contributed by atoms with Crippen LogP contribution in [0.1, 0.15) is 11.4 Å². The molecule has 7 nitrogen and oxygen atoms in total. The summed E-state index contributed by atoms with van der Waals surface area (Å²) in [5, 5.41) is 2.07. The third-order valence-electron chi connectivity index (χ3n) is 7.57. The van der Waals surface area contributed by atoms with E-state index in [0.29, 0.717) is 11.6 Å². The van der Waals surface area contributed by atoms with Gasteiger partial charge in [-0.25, -0.2) is 4.98 Å². The largest absolute Gasteiger partial charge is 0.484 e. The van der Waals surface area contributed by atoms with Crippen molar-refractivity contribution in [3.05, 3.63) is 128 Å². The number of rotatable bonds is 4. The molecule has 3 aromatic carbocycles. The molecule has 7 aromatic rings. The molecule has 0 unspecified atom stereocenters.